The highest BCUT2D eigenvalue weighted by Gasteiger charge is 2.26. The van der Waals surface area contributed by atoms with Crippen LogP contribution in [0.1, 0.15) is 41.6 Å². The van der Waals surface area contributed by atoms with Gasteiger partial charge in [-0.15, -0.1) is 0 Å². The van der Waals surface area contributed by atoms with Gasteiger partial charge in [0.25, 0.3) is 5.91 Å². The van der Waals surface area contributed by atoms with Crippen molar-refractivity contribution in [1.82, 2.24) is 5.32 Å². The van der Waals surface area contributed by atoms with E-state index in [9.17, 15) is 9.59 Å². The number of benzene rings is 1. The lowest BCUT2D eigenvalue weighted by Gasteiger charge is -2.26. The summed E-state index contributed by atoms with van der Waals surface area (Å²) in [4.78, 5) is 22.9. The molecule has 1 fully saturated rings. The lowest BCUT2D eigenvalue weighted by molar-refractivity contribution is -0.142. The summed E-state index contributed by atoms with van der Waals surface area (Å²) in [5.74, 6) is -1.16. The van der Waals surface area contributed by atoms with Crippen LogP contribution < -0.4 is 5.32 Å². The molecule has 20 heavy (non-hydrogen) atoms. The summed E-state index contributed by atoms with van der Waals surface area (Å²) in [6, 6.07) is 6.86. The number of amides is 1. The quantitative estimate of drug-likeness (QED) is 0.779. The van der Waals surface area contributed by atoms with E-state index in [1.54, 1.807) is 24.3 Å². The van der Waals surface area contributed by atoms with Crippen LogP contribution in [0.3, 0.4) is 0 Å². The number of nitrogens with one attached hydrogen (secondary N) is 1. The minimum atomic E-state index is -0.741. The Morgan fingerprint density at radius 3 is 2.20 bits per heavy atom. The zero-order valence-corrected chi connectivity index (χ0v) is 11.2. The maximum Gasteiger partial charge on any atom is 0.306 e. The standard InChI is InChI=1S/C15H19NO4/c17-9-10-1-3-11(4-2-10)14(18)16-13-7-5-12(6-8-13)15(19)20/h1-4,12-13,17H,5-9H2,(H,16,18)(H,19,20). The Kier molecular flexibility index (Phi) is 4.74. The van der Waals surface area contributed by atoms with Crippen molar-refractivity contribution >= 4 is 11.9 Å². The summed E-state index contributed by atoms with van der Waals surface area (Å²) in [5, 5.41) is 20.8. The molecule has 0 heterocycles. The molecule has 0 spiro atoms. The van der Waals surface area contributed by atoms with Gasteiger partial charge in [-0.25, -0.2) is 0 Å². The predicted molar refractivity (Wildman–Crippen MR) is 73.2 cm³/mol. The van der Waals surface area contributed by atoms with Crippen molar-refractivity contribution in [3.8, 4) is 0 Å². The highest BCUT2D eigenvalue weighted by atomic mass is 16.4. The molecule has 0 unspecified atom stereocenters. The van der Waals surface area contributed by atoms with Crippen molar-refractivity contribution in [2.24, 2.45) is 5.92 Å². The molecule has 3 N–H and O–H groups in total. The molecule has 1 aliphatic rings. The fourth-order valence-electron chi connectivity index (χ4n) is 2.51. The van der Waals surface area contributed by atoms with E-state index < -0.39 is 5.97 Å². The van der Waals surface area contributed by atoms with E-state index in [-0.39, 0.29) is 24.5 Å². The van der Waals surface area contributed by atoms with Crippen molar-refractivity contribution in [3.05, 3.63) is 35.4 Å². The zero-order chi connectivity index (χ0) is 14.5. The second-order valence-corrected chi connectivity index (χ2v) is 5.22. The summed E-state index contributed by atoms with van der Waals surface area (Å²) < 4.78 is 0. The molecule has 1 aromatic rings. The maximum absolute atomic E-state index is 12.0. The third kappa shape index (κ3) is 3.57. The fraction of sp³-hybridized carbons (Fsp3) is 0.467. The van der Waals surface area contributed by atoms with Gasteiger partial charge in [0.15, 0.2) is 0 Å². The van der Waals surface area contributed by atoms with Gasteiger partial charge < -0.3 is 15.5 Å². The molecule has 1 aliphatic carbocycles. The van der Waals surface area contributed by atoms with E-state index in [0.717, 1.165) is 5.56 Å². The van der Waals surface area contributed by atoms with Crippen LogP contribution in [0.5, 0.6) is 0 Å². The van der Waals surface area contributed by atoms with E-state index in [1.165, 1.54) is 0 Å². The number of rotatable bonds is 4. The number of carboxylic acid groups (broad SMARTS) is 1. The van der Waals surface area contributed by atoms with Crippen molar-refractivity contribution in [2.75, 3.05) is 0 Å². The van der Waals surface area contributed by atoms with Crippen LogP contribution in [0, 0.1) is 5.92 Å². The van der Waals surface area contributed by atoms with Crippen LogP contribution in [0.4, 0.5) is 0 Å². The summed E-state index contributed by atoms with van der Waals surface area (Å²) >= 11 is 0. The lowest BCUT2D eigenvalue weighted by Crippen LogP contribution is -2.38. The number of hydrogen-bond donors (Lipinski definition) is 3. The van der Waals surface area contributed by atoms with Gasteiger partial charge in [0.05, 0.1) is 12.5 Å². The average Bonchev–Trinajstić information content (AvgIpc) is 2.48. The zero-order valence-electron chi connectivity index (χ0n) is 11.2. The molecule has 0 radical (unpaired) electrons. The first-order chi connectivity index (χ1) is 9.60. The number of carboxylic acids is 1. The van der Waals surface area contributed by atoms with Gasteiger partial charge in [0.1, 0.15) is 0 Å². The first-order valence-corrected chi connectivity index (χ1v) is 6.83. The third-order valence-corrected chi connectivity index (χ3v) is 3.81. The number of hydrogen-bond acceptors (Lipinski definition) is 3. The van der Waals surface area contributed by atoms with Crippen LogP contribution in [0.2, 0.25) is 0 Å². The normalized spacial score (nSPS) is 22.2. The highest BCUT2D eigenvalue weighted by molar-refractivity contribution is 5.94. The number of aliphatic hydroxyl groups is 1. The van der Waals surface area contributed by atoms with E-state index in [4.69, 9.17) is 10.2 Å². The van der Waals surface area contributed by atoms with Crippen molar-refractivity contribution in [2.45, 2.75) is 38.3 Å². The number of carbonyl (C=O) groups is 2. The molecule has 1 saturated carbocycles. The molecule has 1 amide bonds. The number of aliphatic hydroxyl groups excluding tert-OH is 1. The molecule has 0 atom stereocenters. The van der Waals surface area contributed by atoms with E-state index in [0.29, 0.717) is 31.2 Å². The SMILES string of the molecule is O=C(NC1CCC(C(=O)O)CC1)c1ccc(CO)cc1. The van der Waals surface area contributed by atoms with E-state index in [2.05, 4.69) is 5.32 Å². The monoisotopic (exact) mass is 277 g/mol. The van der Waals surface area contributed by atoms with E-state index >= 15 is 0 Å². The van der Waals surface area contributed by atoms with Gasteiger partial charge in [-0.2, -0.15) is 0 Å². The average molecular weight is 277 g/mol. The van der Waals surface area contributed by atoms with Crippen molar-refractivity contribution < 1.29 is 19.8 Å². The fourth-order valence-corrected chi connectivity index (χ4v) is 2.51. The number of carbonyl (C=O) groups excluding carboxylic acids is 1. The van der Waals surface area contributed by atoms with Crippen LogP contribution in [-0.2, 0) is 11.4 Å². The van der Waals surface area contributed by atoms with Gasteiger partial charge in [-0.3, -0.25) is 9.59 Å². The van der Waals surface area contributed by atoms with Gasteiger partial charge in [0, 0.05) is 11.6 Å². The van der Waals surface area contributed by atoms with Crippen LogP contribution in [0.15, 0.2) is 24.3 Å². The molecule has 0 aromatic heterocycles. The highest BCUT2D eigenvalue weighted by Crippen LogP contribution is 2.24. The first-order valence-electron chi connectivity index (χ1n) is 6.83. The lowest BCUT2D eigenvalue weighted by atomic mass is 9.86. The Labute approximate surface area is 117 Å². The molecule has 108 valence electrons. The molecule has 1 aromatic carbocycles. The Hall–Kier alpha value is -1.88. The Morgan fingerprint density at radius 2 is 1.70 bits per heavy atom. The first kappa shape index (κ1) is 14.5. The van der Waals surface area contributed by atoms with Gasteiger partial charge in [0.2, 0.25) is 0 Å². The predicted octanol–water partition coefficient (Wildman–Crippen LogP) is 1.55. The van der Waals surface area contributed by atoms with E-state index in [1.807, 2.05) is 0 Å². The molecule has 5 nitrogen and oxygen atoms in total. The van der Waals surface area contributed by atoms with Crippen LogP contribution in [0.25, 0.3) is 0 Å². The maximum atomic E-state index is 12.0. The molecular weight excluding hydrogens is 258 g/mol. The second-order valence-electron chi connectivity index (χ2n) is 5.22. The largest absolute Gasteiger partial charge is 0.481 e. The van der Waals surface area contributed by atoms with Gasteiger partial charge in [-0.05, 0) is 43.4 Å². The molecule has 5 heteroatoms. The summed E-state index contributed by atoms with van der Waals surface area (Å²) in [7, 11) is 0. The van der Waals surface area contributed by atoms with Gasteiger partial charge in [-0.1, -0.05) is 12.1 Å². The Balaban J connectivity index is 1.87. The minimum Gasteiger partial charge on any atom is -0.481 e. The smallest absolute Gasteiger partial charge is 0.306 e. The summed E-state index contributed by atoms with van der Waals surface area (Å²) in [6.07, 6.45) is 2.64. The third-order valence-electron chi connectivity index (χ3n) is 3.81. The molecule has 0 bridgehead atoms. The topological polar surface area (TPSA) is 86.6 Å². The van der Waals surface area contributed by atoms with Crippen LogP contribution in [-0.4, -0.2) is 28.1 Å². The van der Waals surface area contributed by atoms with Crippen molar-refractivity contribution in [3.63, 3.8) is 0 Å². The van der Waals surface area contributed by atoms with Gasteiger partial charge >= 0.3 is 5.97 Å². The number of aliphatic carboxylic acids is 1. The molecule has 0 saturated heterocycles. The molecule has 0 aliphatic heterocycles. The minimum absolute atomic E-state index is 0.0406. The summed E-state index contributed by atoms with van der Waals surface area (Å²) in [5.41, 5.74) is 1.33. The van der Waals surface area contributed by atoms with Crippen LogP contribution >= 0.6 is 0 Å². The molecule has 2 rings (SSSR count). The second kappa shape index (κ2) is 6.52. The Bertz CT molecular complexity index is 475. The van der Waals surface area contributed by atoms with Crippen molar-refractivity contribution in [1.29, 1.82) is 0 Å². The molecular formula is C15H19NO4. The summed E-state index contributed by atoms with van der Waals surface area (Å²) in [6.45, 7) is -0.0406. The Morgan fingerprint density at radius 1 is 1.10 bits per heavy atom.